The van der Waals surface area contributed by atoms with Gasteiger partial charge >= 0.3 is 0 Å². The van der Waals surface area contributed by atoms with E-state index in [4.69, 9.17) is 4.74 Å². The second kappa shape index (κ2) is 7.84. The third-order valence-corrected chi connectivity index (χ3v) is 5.35. The molecule has 0 spiro atoms. The SMILES string of the molecule is O=C1NC(=O)/C(=C\c2ccc(OC3CCN(c4ccccn4)CC3)cc2)S1. The minimum absolute atomic E-state index is 0.183. The number of anilines is 1. The Labute approximate surface area is 161 Å². The third-order valence-electron chi connectivity index (χ3n) is 4.54. The number of rotatable bonds is 4. The highest BCUT2D eigenvalue weighted by Gasteiger charge is 2.25. The zero-order chi connectivity index (χ0) is 18.6. The molecular weight excluding hydrogens is 362 g/mol. The van der Waals surface area contributed by atoms with Crippen molar-refractivity contribution < 1.29 is 14.3 Å². The molecule has 2 saturated heterocycles. The van der Waals surface area contributed by atoms with Gasteiger partial charge in [0, 0.05) is 32.1 Å². The number of hydrogen-bond donors (Lipinski definition) is 1. The van der Waals surface area contributed by atoms with Crippen LogP contribution in [-0.2, 0) is 4.79 Å². The van der Waals surface area contributed by atoms with Gasteiger partial charge in [-0.25, -0.2) is 4.98 Å². The number of carbonyl (C=O) groups is 2. The monoisotopic (exact) mass is 381 g/mol. The first-order chi connectivity index (χ1) is 13.2. The molecule has 6 nitrogen and oxygen atoms in total. The number of nitrogens with zero attached hydrogens (tertiary/aromatic N) is 2. The standard InChI is InChI=1S/C20H19N3O3S/c24-19-17(27-20(25)22-19)13-14-4-6-15(7-5-14)26-16-8-11-23(12-9-16)18-3-1-2-10-21-18/h1-7,10,13,16H,8-9,11-12H2,(H,22,24,25)/b17-13+. The number of carbonyl (C=O) groups excluding carboxylic acids is 2. The average molecular weight is 381 g/mol. The molecule has 0 radical (unpaired) electrons. The Balaban J connectivity index is 1.32. The summed E-state index contributed by atoms with van der Waals surface area (Å²) in [6, 6.07) is 13.5. The number of amides is 2. The molecular formula is C20H19N3O3S. The second-order valence-corrected chi connectivity index (χ2v) is 7.43. The highest BCUT2D eigenvalue weighted by molar-refractivity contribution is 8.18. The van der Waals surface area contributed by atoms with Crippen LogP contribution in [0.3, 0.4) is 0 Å². The average Bonchev–Trinajstić information content (AvgIpc) is 3.01. The maximum atomic E-state index is 11.6. The molecule has 1 aromatic heterocycles. The lowest BCUT2D eigenvalue weighted by Gasteiger charge is -2.32. The summed E-state index contributed by atoms with van der Waals surface area (Å²) in [6.45, 7) is 1.85. The number of ether oxygens (including phenoxy) is 1. The van der Waals surface area contributed by atoms with Crippen molar-refractivity contribution in [1.82, 2.24) is 10.3 Å². The highest BCUT2D eigenvalue weighted by atomic mass is 32.2. The number of hydrogen-bond acceptors (Lipinski definition) is 6. The van der Waals surface area contributed by atoms with Crippen LogP contribution in [0.15, 0.2) is 53.6 Å². The summed E-state index contributed by atoms with van der Waals surface area (Å²) in [5.41, 5.74) is 0.861. The molecule has 2 amide bonds. The van der Waals surface area contributed by atoms with Crippen molar-refractivity contribution in [3.05, 3.63) is 59.1 Å². The molecule has 138 valence electrons. The van der Waals surface area contributed by atoms with Gasteiger partial charge in [0.1, 0.15) is 17.7 Å². The molecule has 0 saturated carbocycles. The van der Waals surface area contributed by atoms with Gasteiger partial charge in [-0.05, 0) is 47.7 Å². The van der Waals surface area contributed by atoms with Gasteiger partial charge in [0.05, 0.1) is 4.91 Å². The Hall–Kier alpha value is -2.80. The van der Waals surface area contributed by atoms with E-state index in [1.165, 1.54) is 0 Å². The van der Waals surface area contributed by atoms with Crippen LogP contribution in [0, 0.1) is 0 Å². The van der Waals surface area contributed by atoms with Crippen molar-refractivity contribution >= 4 is 34.8 Å². The molecule has 4 rings (SSSR count). The summed E-state index contributed by atoms with van der Waals surface area (Å²) in [7, 11) is 0. The number of nitrogens with one attached hydrogen (secondary N) is 1. The van der Waals surface area contributed by atoms with Gasteiger partial charge in [-0.15, -0.1) is 0 Å². The van der Waals surface area contributed by atoms with E-state index in [1.54, 1.807) is 6.08 Å². The van der Waals surface area contributed by atoms with Crippen LogP contribution in [0.4, 0.5) is 10.6 Å². The third kappa shape index (κ3) is 4.31. The van der Waals surface area contributed by atoms with Gasteiger partial charge in [0.15, 0.2) is 0 Å². The first-order valence-corrected chi connectivity index (χ1v) is 9.66. The Bertz CT molecular complexity index is 860. The summed E-state index contributed by atoms with van der Waals surface area (Å²) in [5.74, 6) is 1.48. The lowest BCUT2D eigenvalue weighted by atomic mass is 10.1. The molecule has 1 N–H and O–H groups in total. The van der Waals surface area contributed by atoms with Crippen molar-refractivity contribution in [2.24, 2.45) is 0 Å². The molecule has 27 heavy (non-hydrogen) atoms. The van der Waals surface area contributed by atoms with Crippen molar-refractivity contribution in [3.63, 3.8) is 0 Å². The van der Waals surface area contributed by atoms with E-state index in [1.807, 2.05) is 48.7 Å². The quantitative estimate of drug-likeness (QED) is 0.818. The van der Waals surface area contributed by atoms with Gasteiger partial charge in [-0.2, -0.15) is 0 Å². The molecule has 2 aromatic rings. The molecule has 0 aliphatic carbocycles. The maximum Gasteiger partial charge on any atom is 0.290 e. The van der Waals surface area contributed by atoms with E-state index in [0.29, 0.717) is 4.91 Å². The Morgan fingerprint density at radius 2 is 1.89 bits per heavy atom. The van der Waals surface area contributed by atoms with Gasteiger partial charge in [-0.3, -0.25) is 14.9 Å². The van der Waals surface area contributed by atoms with Gasteiger partial charge in [-0.1, -0.05) is 18.2 Å². The lowest BCUT2D eigenvalue weighted by molar-refractivity contribution is -0.115. The fourth-order valence-electron chi connectivity index (χ4n) is 3.15. The van der Waals surface area contributed by atoms with E-state index in [0.717, 1.165) is 54.8 Å². The van der Waals surface area contributed by atoms with Crippen LogP contribution in [0.1, 0.15) is 18.4 Å². The Morgan fingerprint density at radius 1 is 1.11 bits per heavy atom. The first kappa shape index (κ1) is 17.6. The second-order valence-electron chi connectivity index (χ2n) is 6.41. The summed E-state index contributed by atoms with van der Waals surface area (Å²) in [5, 5.41) is 1.92. The van der Waals surface area contributed by atoms with Crippen molar-refractivity contribution in [2.75, 3.05) is 18.0 Å². The van der Waals surface area contributed by atoms with E-state index in [-0.39, 0.29) is 17.3 Å². The van der Waals surface area contributed by atoms with Crippen molar-refractivity contribution in [3.8, 4) is 5.75 Å². The minimum Gasteiger partial charge on any atom is -0.490 e. The molecule has 2 aliphatic rings. The van der Waals surface area contributed by atoms with E-state index >= 15 is 0 Å². The smallest absolute Gasteiger partial charge is 0.290 e. The minimum atomic E-state index is -0.343. The normalized spacial score (nSPS) is 19.4. The summed E-state index contributed by atoms with van der Waals surface area (Å²) < 4.78 is 6.10. The molecule has 3 heterocycles. The molecule has 7 heteroatoms. The zero-order valence-electron chi connectivity index (χ0n) is 14.6. The first-order valence-electron chi connectivity index (χ1n) is 8.85. The summed E-state index contributed by atoms with van der Waals surface area (Å²) in [6.07, 6.45) is 5.60. The number of piperidine rings is 1. The Kier molecular flexibility index (Phi) is 5.11. The molecule has 1 aromatic carbocycles. The molecule has 0 bridgehead atoms. The number of pyridine rings is 1. The van der Waals surface area contributed by atoms with Gasteiger partial charge in [0.2, 0.25) is 0 Å². The van der Waals surface area contributed by atoms with E-state index in [9.17, 15) is 9.59 Å². The summed E-state index contributed by atoms with van der Waals surface area (Å²) >= 11 is 0.920. The van der Waals surface area contributed by atoms with Crippen LogP contribution in [0.2, 0.25) is 0 Å². The predicted octanol–water partition coefficient (Wildman–Crippen LogP) is 3.45. The number of thioether (sulfide) groups is 1. The van der Waals surface area contributed by atoms with Crippen LogP contribution < -0.4 is 15.0 Å². The van der Waals surface area contributed by atoms with Crippen LogP contribution in [0.5, 0.6) is 5.75 Å². The molecule has 0 unspecified atom stereocenters. The number of imide groups is 1. The van der Waals surface area contributed by atoms with Crippen LogP contribution in [-0.4, -0.2) is 35.3 Å². The number of aromatic nitrogens is 1. The van der Waals surface area contributed by atoms with E-state index < -0.39 is 0 Å². The topological polar surface area (TPSA) is 71.5 Å². The van der Waals surface area contributed by atoms with Gasteiger partial charge in [0.25, 0.3) is 11.1 Å². The maximum absolute atomic E-state index is 11.6. The summed E-state index contributed by atoms with van der Waals surface area (Å²) in [4.78, 5) is 29.9. The largest absolute Gasteiger partial charge is 0.490 e. The zero-order valence-corrected chi connectivity index (χ0v) is 15.4. The lowest BCUT2D eigenvalue weighted by Crippen LogP contribution is -2.38. The van der Waals surface area contributed by atoms with Crippen molar-refractivity contribution in [1.29, 1.82) is 0 Å². The predicted molar refractivity (Wildman–Crippen MR) is 106 cm³/mol. The Morgan fingerprint density at radius 3 is 2.52 bits per heavy atom. The van der Waals surface area contributed by atoms with Crippen molar-refractivity contribution in [2.45, 2.75) is 18.9 Å². The molecule has 2 aliphatic heterocycles. The number of benzene rings is 1. The van der Waals surface area contributed by atoms with E-state index in [2.05, 4.69) is 15.2 Å². The fraction of sp³-hybridized carbons (Fsp3) is 0.250. The molecule has 0 atom stereocenters. The van der Waals surface area contributed by atoms with Crippen LogP contribution in [0.25, 0.3) is 6.08 Å². The fourth-order valence-corrected chi connectivity index (χ4v) is 3.83. The highest BCUT2D eigenvalue weighted by Crippen LogP contribution is 2.27. The van der Waals surface area contributed by atoms with Crippen LogP contribution >= 0.6 is 11.8 Å². The molecule has 2 fully saturated rings. The van der Waals surface area contributed by atoms with Gasteiger partial charge < -0.3 is 9.64 Å².